The van der Waals surface area contributed by atoms with E-state index in [-0.39, 0.29) is 17.1 Å². The molecule has 4 aromatic rings. The van der Waals surface area contributed by atoms with Gasteiger partial charge >= 0.3 is 0 Å². The van der Waals surface area contributed by atoms with Gasteiger partial charge in [-0.25, -0.2) is 4.98 Å². The molecule has 0 saturated heterocycles. The summed E-state index contributed by atoms with van der Waals surface area (Å²) in [6, 6.07) is 13.2. The third-order valence-corrected chi connectivity index (χ3v) is 6.24. The summed E-state index contributed by atoms with van der Waals surface area (Å²) >= 11 is 7.59. The number of H-pyrrole nitrogens is 1. The number of hydrogen-bond acceptors (Lipinski definition) is 5. The van der Waals surface area contributed by atoms with Crippen molar-refractivity contribution in [1.82, 2.24) is 19.7 Å². The van der Waals surface area contributed by atoms with Gasteiger partial charge in [-0.2, -0.15) is 5.10 Å². The van der Waals surface area contributed by atoms with Crippen LogP contribution >= 0.6 is 23.4 Å². The van der Waals surface area contributed by atoms with Crippen LogP contribution in [0.5, 0.6) is 0 Å². The first-order valence-electron chi connectivity index (χ1n) is 9.62. The Morgan fingerprint density at radius 2 is 2.00 bits per heavy atom. The second kappa shape index (κ2) is 8.56. The number of nitrogens with zero attached hydrogens (tertiary/aromatic N) is 3. The molecule has 3 N–H and O–H groups in total. The lowest BCUT2D eigenvalue weighted by molar-refractivity contribution is -0.113. The Kier molecular flexibility index (Phi) is 5.84. The van der Waals surface area contributed by atoms with Crippen molar-refractivity contribution in [2.75, 3.05) is 11.1 Å². The number of nitrogens with one attached hydrogen (secondary N) is 3. The van der Waals surface area contributed by atoms with E-state index in [1.54, 1.807) is 4.57 Å². The molecule has 0 radical (unpaired) electrons. The first kappa shape index (κ1) is 21.1. The van der Waals surface area contributed by atoms with Crippen LogP contribution < -0.4 is 10.8 Å². The Morgan fingerprint density at radius 1 is 1.23 bits per heavy atom. The van der Waals surface area contributed by atoms with E-state index in [0.717, 1.165) is 28.2 Å². The van der Waals surface area contributed by atoms with Crippen LogP contribution in [0.25, 0.3) is 16.7 Å². The standard InChI is InChI=1S/C22H21ClN6OS/c1-12-6-4-7-15(10-12)25-18(30)11-31-22-26-21-19(14(3)27-28-21)20(24)29(22)17-9-5-8-16(23)13(17)2/h4-10,24H,11H2,1-3H3,(H,25,30)(H,27,28). The maximum absolute atomic E-state index is 12.6. The quantitative estimate of drug-likeness (QED) is 0.306. The highest BCUT2D eigenvalue weighted by Gasteiger charge is 2.18. The van der Waals surface area contributed by atoms with Gasteiger partial charge in [-0.1, -0.05) is 41.6 Å². The van der Waals surface area contributed by atoms with Crippen molar-refractivity contribution in [3.8, 4) is 5.69 Å². The lowest BCUT2D eigenvalue weighted by Gasteiger charge is -2.16. The SMILES string of the molecule is Cc1cccc(NC(=O)CSc2nc3n[nH]c(C)c3c(=N)n2-c2cccc(Cl)c2C)c1. The molecule has 4 rings (SSSR count). The number of anilines is 1. The van der Waals surface area contributed by atoms with E-state index in [1.807, 2.05) is 63.2 Å². The fraction of sp³-hybridized carbons (Fsp3) is 0.182. The van der Waals surface area contributed by atoms with Gasteiger partial charge in [0.25, 0.3) is 0 Å². The molecule has 1 amide bonds. The van der Waals surface area contributed by atoms with E-state index in [0.29, 0.717) is 21.2 Å². The van der Waals surface area contributed by atoms with Crippen molar-refractivity contribution in [3.63, 3.8) is 0 Å². The van der Waals surface area contributed by atoms with Crippen LogP contribution in [0.3, 0.4) is 0 Å². The molecule has 158 valence electrons. The molecule has 2 heterocycles. The van der Waals surface area contributed by atoms with Gasteiger partial charge in [0.1, 0.15) is 5.49 Å². The Morgan fingerprint density at radius 3 is 2.77 bits per heavy atom. The van der Waals surface area contributed by atoms with Crippen molar-refractivity contribution in [2.24, 2.45) is 0 Å². The Balaban J connectivity index is 1.72. The fourth-order valence-corrected chi connectivity index (χ4v) is 4.31. The maximum atomic E-state index is 12.6. The molecule has 9 heteroatoms. The molecule has 0 aliphatic carbocycles. The van der Waals surface area contributed by atoms with E-state index in [4.69, 9.17) is 17.0 Å². The number of hydrogen-bond donors (Lipinski definition) is 3. The van der Waals surface area contributed by atoms with E-state index >= 15 is 0 Å². The van der Waals surface area contributed by atoms with Gasteiger partial charge < -0.3 is 5.32 Å². The zero-order valence-corrected chi connectivity index (χ0v) is 18.9. The largest absolute Gasteiger partial charge is 0.325 e. The van der Waals surface area contributed by atoms with Crippen LogP contribution in [-0.2, 0) is 4.79 Å². The number of halogens is 1. The van der Waals surface area contributed by atoms with Crippen molar-refractivity contribution < 1.29 is 4.79 Å². The fourth-order valence-electron chi connectivity index (χ4n) is 3.34. The summed E-state index contributed by atoms with van der Waals surface area (Å²) in [5, 5.41) is 20.6. The normalized spacial score (nSPS) is 11.1. The molecule has 31 heavy (non-hydrogen) atoms. The predicted octanol–water partition coefficient (Wildman–Crippen LogP) is 4.54. The van der Waals surface area contributed by atoms with Crippen molar-refractivity contribution >= 4 is 46.0 Å². The van der Waals surface area contributed by atoms with E-state index < -0.39 is 0 Å². The molecule has 0 atom stereocenters. The monoisotopic (exact) mass is 452 g/mol. The van der Waals surface area contributed by atoms with Gasteiger partial charge in [0, 0.05) is 16.4 Å². The molecule has 2 aromatic heterocycles. The Labute approximate surface area is 188 Å². The third kappa shape index (κ3) is 4.22. The number of carbonyl (C=O) groups excluding carboxylic acids is 1. The number of amides is 1. The molecule has 0 spiro atoms. The topological polar surface area (TPSA) is 99.5 Å². The number of benzene rings is 2. The highest BCUT2D eigenvalue weighted by molar-refractivity contribution is 7.99. The lowest BCUT2D eigenvalue weighted by atomic mass is 10.2. The van der Waals surface area contributed by atoms with Crippen LogP contribution in [0.1, 0.15) is 16.8 Å². The molecule has 0 aliphatic rings. The minimum absolute atomic E-state index is 0.134. The summed E-state index contributed by atoms with van der Waals surface area (Å²) in [4.78, 5) is 17.2. The summed E-state index contributed by atoms with van der Waals surface area (Å²) < 4.78 is 1.72. The number of rotatable bonds is 5. The van der Waals surface area contributed by atoms with Gasteiger partial charge in [-0.15, -0.1) is 0 Å². The molecule has 0 aliphatic heterocycles. The molecular formula is C22H21ClN6OS. The first-order valence-corrected chi connectivity index (χ1v) is 11.0. The van der Waals surface area contributed by atoms with Crippen LogP contribution in [-0.4, -0.2) is 31.4 Å². The molecule has 0 fully saturated rings. The molecule has 0 saturated carbocycles. The highest BCUT2D eigenvalue weighted by atomic mass is 35.5. The zero-order chi connectivity index (χ0) is 22.1. The average molecular weight is 453 g/mol. The van der Waals surface area contributed by atoms with E-state index in [9.17, 15) is 4.79 Å². The number of aromatic nitrogens is 4. The van der Waals surface area contributed by atoms with Gasteiger partial charge in [0.2, 0.25) is 5.91 Å². The van der Waals surface area contributed by atoms with E-state index in [1.165, 1.54) is 11.8 Å². The molecule has 0 unspecified atom stereocenters. The number of aromatic amines is 1. The molecule has 7 nitrogen and oxygen atoms in total. The molecule has 2 aromatic carbocycles. The molecule has 0 bridgehead atoms. The zero-order valence-electron chi connectivity index (χ0n) is 17.3. The van der Waals surface area contributed by atoms with Crippen molar-refractivity contribution in [2.45, 2.75) is 25.9 Å². The lowest BCUT2D eigenvalue weighted by Crippen LogP contribution is -2.24. The Bertz CT molecular complexity index is 1360. The van der Waals surface area contributed by atoms with E-state index in [2.05, 4.69) is 20.5 Å². The minimum Gasteiger partial charge on any atom is -0.325 e. The highest BCUT2D eigenvalue weighted by Crippen LogP contribution is 2.26. The third-order valence-electron chi connectivity index (χ3n) is 4.90. The average Bonchev–Trinajstić information content (AvgIpc) is 3.10. The van der Waals surface area contributed by atoms with Gasteiger partial charge in [-0.05, 0) is 56.2 Å². The van der Waals surface area contributed by atoms with Crippen LogP contribution in [0.15, 0.2) is 47.6 Å². The van der Waals surface area contributed by atoms with Gasteiger partial charge in [0.15, 0.2) is 10.8 Å². The molecular weight excluding hydrogens is 432 g/mol. The number of carbonyl (C=O) groups is 1. The number of aryl methyl sites for hydroxylation is 2. The van der Waals surface area contributed by atoms with Gasteiger partial charge in [0.05, 0.1) is 16.8 Å². The van der Waals surface area contributed by atoms with Gasteiger partial charge in [-0.3, -0.25) is 19.9 Å². The Hall–Kier alpha value is -3.10. The minimum atomic E-state index is -0.156. The van der Waals surface area contributed by atoms with Crippen LogP contribution in [0.4, 0.5) is 5.69 Å². The first-order chi connectivity index (χ1) is 14.8. The summed E-state index contributed by atoms with van der Waals surface area (Å²) in [5.41, 5.74) is 4.83. The maximum Gasteiger partial charge on any atom is 0.234 e. The predicted molar refractivity (Wildman–Crippen MR) is 124 cm³/mol. The summed E-state index contributed by atoms with van der Waals surface area (Å²) in [6.45, 7) is 5.73. The number of fused-ring (bicyclic) bond motifs is 1. The second-order valence-corrected chi connectivity index (χ2v) is 8.57. The summed E-state index contributed by atoms with van der Waals surface area (Å²) in [7, 11) is 0. The van der Waals surface area contributed by atoms with Crippen LogP contribution in [0.2, 0.25) is 5.02 Å². The van der Waals surface area contributed by atoms with Crippen LogP contribution in [0, 0.1) is 26.2 Å². The smallest absolute Gasteiger partial charge is 0.234 e. The second-order valence-electron chi connectivity index (χ2n) is 7.22. The summed E-state index contributed by atoms with van der Waals surface area (Å²) in [6.07, 6.45) is 0. The number of thioether (sulfide) groups is 1. The summed E-state index contributed by atoms with van der Waals surface area (Å²) in [5.74, 6) is -0.0221. The van der Waals surface area contributed by atoms with Crippen molar-refractivity contribution in [3.05, 3.63) is 69.8 Å². The van der Waals surface area contributed by atoms with Crippen molar-refractivity contribution in [1.29, 1.82) is 5.41 Å².